The summed E-state index contributed by atoms with van der Waals surface area (Å²) < 4.78 is 0. The first-order valence-electron chi connectivity index (χ1n) is 5.41. The smallest absolute Gasteiger partial charge is 0.121 e. The fourth-order valence-electron chi connectivity index (χ4n) is 2.08. The zero-order valence-electron chi connectivity index (χ0n) is 9.35. The fraction of sp³-hybridized carbons (Fsp3) is 0. The van der Waals surface area contributed by atoms with Gasteiger partial charge in [0.25, 0.3) is 0 Å². The van der Waals surface area contributed by atoms with Gasteiger partial charge in [0.1, 0.15) is 4.99 Å². The lowest BCUT2D eigenvalue weighted by molar-refractivity contribution is 1.35. The van der Waals surface area contributed by atoms with Crippen molar-refractivity contribution in [2.45, 2.75) is 4.90 Å². The number of aromatic amines is 1. The minimum absolute atomic E-state index is 0.397. The molecule has 3 N–H and O–H groups in total. The Morgan fingerprint density at radius 2 is 2.00 bits per heavy atom. The minimum Gasteiger partial charge on any atom is -0.388 e. The van der Waals surface area contributed by atoms with Gasteiger partial charge >= 0.3 is 0 Å². The van der Waals surface area contributed by atoms with Crippen molar-refractivity contribution >= 4 is 50.6 Å². The fourth-order valence-corrected chi connectivity index (χ4v) is 4.35. The number of thiocarbonyl (C=S) groups is 1. The van der Waals surface area contributed by atoms with Crippen molar-refractivity contribution in [3.8, 4) is 0 Å². The molecule has 2 heterocycles. The third-order valence-electron chi connectivity index (χ3n) is 2.84. The molecule has 0 saturated heterocycles. The van der Waals surface area contributed by atoms with E-state index in [1.165, 1.54) is 4.90 Å². The van der Waals surface area contributed by atoms with Crippen LogP contribution in [0.25, 0.3) is 10.9 Å². The summed E-state index contributed by atoms with van der Waals surface area (Å²) in [5.74, 6) is 0. The highest BCUT2D eigenvalue weighted by molar-refractivity contribution is 8.22. The van der Waals surface area contributed by atoms with E-state index in [1.807, 2.05) is 18.2 Å². The summed E-state index contributed by atoms with van der Waals surface area (Å²) in [4.78, 5) is 4.85. The molecule has 0 atom stereocenters. The van der Waals surface area contributed by atoms with E-state index in [9.17, 15) is 0 Å². The number of hydrogen-bond donors (Lipinski definition) is 3. The van der Waals surface area contributed by atoms with Crippen molar-refractivity contribution in [1.29, 1.82) is 0 Å². The average Bonchev–Trinajstić information content (AvgIpc) is 2.93. The van der Waals surface area contributed by atoms with Gasteiger partial charge in [0, 0.05) is 20.8 Å². The molecule has 1 aromatic carbocycles. The summed E-state index contributed by atoms with van der Waals surface area (Å²) in [6, 6.07) is 5.79. The van der Waals surface area contributed by atoms with E-state index >= 15 is 0 Å². The molecule has 2 aromatic rings. The maximum absolute atomic E-state index is 6.08. The Bertz CT molecular complexity index is 688. The van der Waals surface area contributed by atoms with Gasteiger partial charge in [0.2, 0.25) is 0 Å². The van der Waals surface area contributed by atoms with Crippen LogP contribution in [0.2, 0.25) is 5.02 Å². The summed E-state index contributed by atoms with van der Waals surface area (Å²) in [6.07, 6.45) is 4.11. The van der Waals surface area contributed by atoms with Crippen LogP contribution in [0.15, 0.2) is 46.1 Å². The summed E-state index contributed by atoms with van der Waals surface area (Å²) in [5, 5.41) is 6.19. The van der Waals surface area contributed by atoms with Crippen molar-refractivity contribution in [3.63, 3.8) is 0 Å². The first kappa shape index (κ1) is 11.8. The molecule has 0 unspecified atom stereocenters. The van der Waals surface area contributed by atoms with E-state index in [0.29, 0.717) is 4.99 Å². The van der Waals surface area contributed by atoms with Crippen LogP contribution < -0.4 is 5.73 Å². The lowest BCUT2D eigenvalue weighted by atomic mass is 10.2. The summed E-state index contributed by atoms with van der Waals surface area (Å²) >= 11 is 11.2. The molecule has 1 aliphatic heterocycles. The quantitative estimate of drug-likeness (QED) is 0.581. The molecular weight excluding hydrogens is 284 g/mol. The second-order valence-electron chi connectivity index (χ2n) is 3.99. The average molecular weight is 295 g/mol. The molecule has 3 rings (SSSR count). The lowest BCUT2D eigenvalue weighted by Crippen LogP contribution is -2.11. The van der Waals surface area contributed by atoms with E-state index in [-0.39, 0.29) is 0 Å². The monoisotopic (exact) mass is 294 g/mol. The van der Waals surface area contributed by atoms with Crippen molar-refractivity contribution in [1.82, 2.24) is 4.98 Å². The predicted octanol–water partition coefficient (Wildman–Crippen LogP) is 3.86. The first-order chi connectivity index (χ1) is 8.66. The highest BCUT2D eigenvalue weighted by atomic mass is 35.5. The zero-order valence-corrected chi connectivity index (χ0v) is 11.8. The molecule has 5 heteroatoms. The highest BCUT2D eigenvalue weighted by Crippen LogP contribution is 2.47. The van der Waals surface area contributed by atoms with Gasteiger partial charge < -0.3 is 10.7 Å². The Balaban J connectivity index is 2.33. The summed E-state index contributed by atoms with van der Waals surface area (Å²) in [5.41, 5.74) is 7.69. The van der Waals surface area contributed by atoms with Crippen LogP contribution >= 0.6 is 34.7 Å². The third-order valence-corrected chi connectivity index (χ3v) is 5.25. The topological polar surface area (TPSA) is 41.8 Å². The number of hydrogen-bond acceptors (Lipinski definition) is 1. The summed E-state index contributed by atoms with van der Waals surface area (Å²) in [7, 11) is -0.487. The van der Waals surface area contributed by atoms with Gasteiger partial charge in [0.15, 0.2) is 0 Å². The number of nitrogens with one attached hydrogen (secondary N) is 1. The number of nitrogens with two attached hydrogens (primary N) is 1. The van der Waals surface area contributed by atoms with Crippen LogP contribution in [0.5, 0.6) is 0 Å². The van der Waals surface area contributed by atoms with E-state index < -0.39 is 10.9 Å². The molecular formula is C13H11ClN2S2. The van der Waals surface area contributed by atoms with Crippen LogP contribution in [-0.4, -0.2) is 9.97 Å². The molecule has 92 valence electrons. The molecule has 0 aliphatic carbocycles. The third kappa shape index (κ3) is 1.86. The number of fused-ring (bicyclic) bond motifs is 1. The number of H-pyrrole nitrogens is 1. The maximum atomic E-state index is 6.08. The molecule has 0 fully saturated rings. The number of allylic oxidation sites excluding steroid dienone is 2. The Kier molecular flexibility index (Phi) is 2.93. The molecule has 0 bridgehead atoms. The second-order valence-corrected chi connectivity index (χ2v) is 6.73. The normalized spacial score (nSPS) is 15.7. The van der Waals surface area contributed by atoms with Crippen LogP contribution in [0.4, 0.5) is 0 Å². The van der Waals surface area contributed by atoms with Crippen LogP contribution in [0.1, 0.15) is 5.69 Å². The number of benzene rings is 1. The number of thiol groups is 1. The van der Waals surface area contributed by atoms with Gasteiger partial charge in [-0.15, -0.1) is 0 Å². The molecule has 18 heavy (non-hydrogen) atoms. The van der Waals surface area contributed by atoms with Crippen molar-refractivity contribution in [2.75, 3.05) is 0 Å². The van der Waals surface area contributed by atoms with Gasteiger partial charge in [-0.25, -0.2) is 0 Å². The molecule has 0 saturated carbocycles. The van der Waals surface area contributed by atoms with Crippen LogP contribution in [-0.2, 0) is 0 Å². The molecule has 0 spiro atoms. The lowest BCUT2D eigenvalue weighted by Gasteiger charge is -2.11. The largest absolute Gasteiger partial charge is 0.388 e. The van der Waals surface area contributed by atoms with E-state index in [0.717, 1.165) is 21.6 Å². The van der Waals surface area contributed by atoms with Gasteiger partial charge in [-0.3, -0.25) is 0 Å². The number of halogens is 1. The Hall–Kier alpha value is -1.23. The molecule has 0 radical (unpaired) electrons. The minimum atomic E-state index is -0.487. The standard InChI is InChI=1S/C13H11ClN2S2/c14-8-3-4-10-9(7-8)12(11(16-10)13(15)17)18-5-1-2-6-18/h1-7,16,18H,(H2,15,17). The Morgan fingerprint density at radius 1 is 1.28 bits per heavy atom. The second kappa shape index (κ2) is 4.46. The highest BCUT2D eigenvalue weighted by Gasteiger charge is 2.18. The molecule has 1 aromatic heterocycles. The molecule has 2 nitrogen and oxygen atoms in total. The van der Waals surface area contributed by atoms with Gasteiger partial charge in [0.05, 0.1) is 5.69 Å². The van der Waals surface area contributed by atoms with Gasteiger partial charge in [-0.2, -0.15) is 10.9 Å². The Labute approximate surface area is 118 Å². The molecule has 0 amide bonds. The zero-order chi connectivity index (χ0) is 12.7. The Morgan fingerprint density at radius 3 is 2.67 bits per heavy atom. The van der Waals surface area contributed by atoms with E-state index in [2.05, 4.69) is 28.0 Å². The molecule has 1 aliphatic rings. The van der Waals surface area contributed by atoms with Crippen molar-refractivity contribution in [2.24, 2.45) is 5.73 Å². The first-order valence-corrected chi connectivity index (χ1v) is 7.68. The predicted molar refractivity (Wildman–Crippen MR) is 84.7 cm³/mol. The maximum Gasteiger partial charge on any atom is 0.121 e. The van der Waals surface area contributed by atoms with Crippen LogP contribution in [0.3, 0.4) is 0 Å². The van der Waals surface area contributed by atoms with Crippen LogP contribution in [0, 0.1) is 0 Å². The number of rotatable bonds is 2. The van der Waals surface area contributed by atoms with Crippen molar-refractivity contribution in [3.05, 3.63) is 51.9 Å². The van der Waals surface area contributed by atoms with Gasteiger partial charge in [-0.05, 0) is 29.0 Å². The number of aromatic nitrogens is 1. The SMILES string of the molecule is NC(=S)c1[nH]c2ccc(Cl)cc2c1[SH]1C=CC=C1. The van der Waals surface area contributed by atoms with E-state index in [4.69, 9.17) is 29.6 Å². The van der Waals surface area contributed by atoms with Gasteiger partial charge in [-0.1, -0.05) is 36.0 Å². The van der Waals surface area contributed by atoms with Crippen molar-refractivity contribution < 1.29 is 0 Å². The van der Waals surface area contributed by atoms with E-state index in [1.54, 1.807) is 0 Å². The summed E-state index contributed by atoms with van der Waals surface area (Å²) in [6.45, 7) is 0.